The monoisotopic (exact) mass is 323 g/mol. The zero-order valence-corrected chi connectivity index (χ0v) is 13.5. The largest absolute Gasteiger partial charge is 0.464 e. The maximum Gasteiger partial charge on any atom is 0.315 e. The summed E-state index contributed by atoms with van der Waals surface area (Å²) in [6.45, 7) is 3.42. The lowest BCUT2D eigenvalue weighted by atomic mass is 10.1. The minimum absolute atomic E-state index is 0.128. The first kappa shape index (κ1) is 15.8. The van der Waals surface area contributed by atoms with Gasteiger partial charge in [-0.1, -0.05) is 12.1 Å². The molecule has 0 aliphatic rings. The average molecular weight is 323 g/mol. The SMILES string of the molecule is CC(=O)Nc1ccc(OC(=O)Cc2coc3cc(C)ccc23)cc1. The van der Waals surface area contributed by atoms with E-state index in [1.165, 1.54) is 6.92 Å². The number of carbonyl (C=O) groups is 2. The smallest absolute Gasteiger partial charge is 0.315 e. The normalized spacial score (nSPS) is 10.6. The Morgan fingerprint density at radius 1 is 1.12 bits per heavy atom. The van der Waals surface area contributed by atoms with Crippen molar-refractivity contribution in [3.05, 3.63) is 59.9 Å². The summed E-state index contributed by atoms with van der Waals surface area (Å²) in [4.78, 5) is 23.1. The van der Waals surface area contributed by atoms with Crippen LogP contribution in [0.4, 0.5) is 5.69 Å². The highest BCUT2D eigenvalue weighted by Crippen LogP contribution is 2.23. The lowest BCUT2D eigenvalue weighted by Gasteiger charge is -2.06. The number of amides is 1. The second-order valence-corrected chi connectivity index (χ2v) is 5.62. The number of benzene rings is 2. The molecule has 0 saturated heterocycles. The standard InChI is InChI=1S/C19H17NO4/c1-12-3-8-17-14(11-23-18(17)9-12)10-19(22)24-16-6-4-15(5-7-16)20-13(2)21/h3-9,11H,10H2,1-2H3,(H,20,21). The highest BCUT2D eigenvalue weighted by molar-refractivity contribution is 5.89. The topological polar surface area (TPSA) is 68.5 Å². The maximum atomic E-state index is 12.1. The molecule has 0 aliphatic heterocycles. The van der Waals surface area contributed by atoms with E-state index < -0.39 is 0 Å². The Hall–Kier alpha value is -3.08. The van der Waals surface area contributed by atoms with E-state index in [1.807, 2.05) is 25.1 Å². The van der Waals surface area contributed by atoms with Gasteiger partial charge in [-0.15, -0.1) is 0 Å². The van der Waals surface area contributed by atoms with Crippen molar-refractivity contribution in [3.8, 4) is 5.75 Å². The molecule has 3 rings (SSSR count). The van der Waals surface area contributed by atoms with E-state index in [4.69, 9.17) is 9.15 Å². The van der Waals surface area contributed by atoms with Gasteiger partial charge >= 0.3 is 5.97 Å². The van der Waals surface area contributed by atoms with Crippen LogP contribution < -0.4 is 10.1 Å². The lowest BCUT2D eigenvalue weighted by molar-refractivity contribution is -0.133. The molecular formula is C19H17NO4. The number of rotatable bonds is 4. The van der Waals surface area contributed by atoms with Crippen LogP contribution in [0, 0.1) is 6.92 Å². The molecule has 2 aromatic carbocycles. The minimum Gasteiger partial charge on any atom is -0.464 e. The fraction of sp³-hybridized carbons (Fsp3) is 0.158. The predicted octanol–water partition coefficient (Wildman–Crippen LogP) is 3.85. The minimum atomic E-state index is -0.370. The fourth-order valence-corrected chi connectivity index (χ4v) is 2.46. The second kappa shape index (κ2) is 6.58. The molecule has 0 saturated carbocycles. The molecule has 3 aromatic rings. The third-order valence-electron chi connectivity index (χ3n) is 3.55. The summed E-state index contributed by atoms with van der Waals surface area (Å²) in [5.74, 6) is -0.0925. The van der Waals surface area contributed by atoms with Crippen LogP contribution in [0.25, 0.3) is 11.0 Å². The zero-order valence-electron chi connectivity index (χ0n) is 13.5. The number of hydrogen-bond acceptors (Lipinski definition) is 4. The van der Waals surface area contributed by atoms with E-state index in [9.17, 15) is 9.59 Å². The number of nitrogens with one attached hydrogen (secondary N) is 1. The summed E-state index contributed by atoms with van der Waals surface area (Å²) in [5.41, 5.74) is 3.31. The molecule has 5 heteroatoms. The summed E-state index contributed by atoms with van der Waals surface area (Å²) in [6.07, 6.45) is 1.72. The molecule has 5 nitrogen and oxygen atoms in total. The van der Waals surface area contributed by atoms with E-state index >= 15 is 0 Å². The Bertz CT molecular complexity index is 893. The molecule has 24 heavy (non-hydrogen) atoms. The Labute approximate surface area is 139 Å². The fourth-order valence-electron chi connectivity index (χ4n) is 2.46. The number of aryl methyl sites for hydroxylation is 1. The molecule has 0 bridgehead atoms. The molecule has 0 fully saturated rings. The zero-order chi connectivity index (χ0) is 17.1. The third kappa shape index (κ3) is 3.63. The number of furan rings is 1. The number of fused-ring (bicyclic) bond motifs is 1. The molecule has 0 unspecified atom stereocenters. The van der Waals surface area contributed by atoms with Gasteiger partial charge in [0.25, 0.3) is 0 Å². The van der Waals surface area contributed by atoms with Crippen LogP contribution in [0.2, 0.25) is 0 Å². The summed E-state index contributed by atoms with van der Waals surface area (Å²) in [5, 5.41) is 3.57. The van der Waals surface area contributed by atoms with E-state index in [0.717, 1.165) is 22.1 Å². The molecule has 0 spiro atoms. The van der Waals surface area contributed by atoms with Crippen LogP contribution in [0.1, 0.15) is 18.1 Å². The first-order chi connectivity index (χ1) is 11.5. The van der Waals surface area contributed by atoms with Gasteiger partial charge < -0.3 is 14.5 Å². The van der Waals surface area contributed by atoms with Crippen molar-refractivity contribution in [2.45, 2.75) is 20.3 Å². The van der Waals surface area contributed by atoms with E-state index in [0.29, 0.717) is 11.4 Å². The Morgan fingerprint density at radius 2 is 1.88 bits per heavy atom. The number of esters is 1. The summed E-state index contributed by atoms with van der Waals surface area (Å²) in [6, 6.07) is 12.5. The van der Waals surface area contributed by atoms with Crippen molar-refractivity contribution in [1.82, 2.24) is 0 Å². The highest BCUT2D eigenvalue weighted by Gasteiger charge is 2.12. The molecular weight excluding hydrogens is 306 g/mol. The van der Waals surface area contributed by atoms with Crippen molar-refractivity contribution in [2.24, 2.45) is 0 Å². The third-order valence-corrected chi connectivity index (χ3v) is 3.55. The number of ether oxygens (including phenoxy) is 1. The van der Waals surface area contributed by atoms with Gasteiger partial charge in [0, 0.05) is 23.6 Å². The van der Waals surface area contributed by atoms with E-state index in [2.05, 4.69) is 5.32 Å². The van der Waals surface area contributed by atoms with Crippen molar-refractivity contribution >= 4 is 28.5 Å². The molecule has 0 aliphatic carbocycles. The number of hydrogen-bond donors (Lipinski definition) is 1. The van der Waals surface area contributed by atoms with Crippen molar-refractivity contribution in [3.63, 3.8) is 0 Å². The molecule has 0 radical (unpaired) electrons. The maximum absolute atomic E-state index is 12.1. The summed E-state index contributed by atoms with van der Waals surface area (Å²) < 4.78 is 10.8. The molecule has 1 N–H and O–H groups in total. The van der Waals surface area contributed by atoms with Gasteiger partial charge in [-0.3, -0.25) is 9.59 Å². The first-order valence-electron chi connectivity index (χ1n) is 7.56. The van der Waals surface area contributed by atoms with Gasteiger partial charge in [-0.05, 0) is 42.8 Å². The van der Waals surface area contributed by atoms with Crippen LogP contribution in [-0.2, 0) is 16.0 Å². The lowest BCUT2D eigenvalue weighted by Crippen LogP contribution is -2.11. The van der Waals surface area contributed by atoms with Gasteiger partial charge in [0.15, 0.2) is 0 Å². The van der Waals surface area contributed by atoms with Crippen molar-refractivity contribution in [2.75, 3.05) is 5.32 Å². The van der Waals surface area contributed by atoms with Crippen LogP contribution in [0.5, 0.6) is 5.75 Å². The van der Waals surface area contributed by atoms with Gasteiger partial charge in [0.1, 0.15) is 11.3 Å². The second-order valence-electron chi connectivity index (χ2n) is 5.62. The number of anilines is 1. The van der Waals surface area contributed by atoms with Crippen LogP contribution in [0.15, 0.2) is 53.1 Å². The molecule has 122 valence electrons. The predicted molar refractivity (Wildman–Crippen MR) is 91.0 cm³/mol. The van der Waals surface area contributed by atoms with Gasteiger partial charge in [-0.2, -0.15) is 0 Å². The Balaban J connectivity index is 1.67. The molecule has 1 amide bonds. The Morgan fingerprint density at radius 3 is 2.58 bits per heavy atom. The number of carbonyl (C=O) groups excluding carboxylic acids is 2. The molecule has 0 atom stereocenters. The van der Waals surface area contributed by atoms with Gasteiger partial charge in [0.2, 0.25) is 5.91 Å². The van der Waals surface area contributed by atoms with E-state index in [1.54, 1.807) is 30.5 Å². The van der Waals surface area contributed by atoms with Crippen LogP contribution in [0.3, 0.4) is 0 Å². The average Bonchev–Trinajstić information content (AvgIpc) is 2.90. The quantitative estimate of drug-likeness (QED) is 0.585. The van der Waals surface area contributed by atoms with Gasteiger partial charge in [-0.25, -0.2) is 0 Å². The van der Waals surface area contributed by atoms with Crippen molar-refractivity contribution in [1.29, 1.82) is 0 Å². The van der Waals surface area contributed by atoms with Crippen LogP contribution in [-0.4, -0.2) is 11.9 Å². The molecule has 1 aromatic heterocycles. The van der Waals surface area contributed by atoms with Crippen molar-refractivity contribution < 1.29 is 18.7 Å². The Kier molecular flexibility index (Phi) is 4.33. The first-order valence-corrected chi connectivity index (χ1v) is 7.56. The van der Waals surface area contributed by atoms with Crippen LogP contribution >= 0.6 is 0 Å². The summed E-state index contributed by atoms with van der Waals surface area (Å²) in [7, 11) is 0. The van der Waals surface area contributed by atoms with Gasteiger partial charge in [0.05, 0.1) is 12.7 Å². The summed E-state index contributed by atoms with van der Waals surface area (Å²) >= 11 is 0. The molecule has 1 heterocycles. The van der Waals surface area contributed by atoms with E-state index in [-0.39, 0.29) is 18.3 Å². The highest BCUT2D eigenvalue weighted by atomic mass is 16.5.